The van der Waals surface area contributed by atoms with Crippen molar-refractivity contribution in [2.45, 2.75) is 17.4 Å². The maximum Gasteiger partial charge on any atom is 0.263 e. The van der Waals surface area contributed by atoms with Crippen molar-refractivity contribution >= 4 is 49.0 Å². The number of amides is 1. The van der Waals surface area contributed by atoms with E-state index in [9.17, 15) is 17.6 Å². The second-order valence-electron chi connectivity index (χ2n) is 7.13. The number of thiazole rings is 1. The molecular formula is C21H17FN4O3S2. The summed E-state index contributed by atoms with van der Waals surface area (Å²) in [6.07, 6.45) is 3.78. The number of halogens is 1. The van der Waals surface area contributed by atoms with Crippen LogP contribution in [-0.2, 0) is 14.8 Å². The van der Waals surface area contributed by atoms with Crippen LogP contribution in [0, 0.1) is 5.82 Å². The molecule has 1 atom stereocenters. The lowest BCUT2D eigenvalue weighted by Gasteiger charge is -2.18. The Morgan fingerprint density at radius 2 is 1.94 bits per heavy atom. The van der Waals surface area contributed by atoms with Gasteiger partial charge in [-0.3, -0.25) is 9.52 Å². The van der Waals surface area contributed by atoms with Gasteiger partial charge in [0.2, 0.25) is 5.91 Å². The molecule has 0 saturated carbocycles. The molecule has 7 nitrogen and oxygen atoms in total. The van der Waals surface area contributed by atoms with E-state index in [4.69, 9.17) is 0 Å². The number of sulfonamides is 1. The van der Waals surface area contributed by atoms with E-state index in [-0.39, 0.29) is 21.8 Å². The Labute approximate surface area is 181 Å². The summed E-state index contributed by atoms with van der Waals surface area (Å²) in [5, 5.41) is 2.71. The Morgan fingerprint density at radius 1 is 1.13 bits per heavy atom. The number of carbonyl (C=O) groups excluding carboxylic acids is 1. The Balaban J connectivity index is 1.38. The van der Waals surface area contributed by atoms with Gasteiger partial charge >= 0.3 is 0 Å². The number of nitrogens with one attached hydrogen (secondary N) is 1. The molecule has 3 heterocycles. The van der Waals surface area contributed by atoms with E-state index in [0.29, 0.717) is 24.2 Å². The Hall–Kier alpha value is -3.24. The molecule has 0 bridgehead atoms. The molecule has 1 aliphatic heterocycles. The van der Waals surface area contributed by atoms with E-state index in [2.05, 4.69) is 9.71 Å². The highest BCUT2D eigenvalue weighted by atomic mass is 32.2. The molecule has 0 radical (unpaired) electrons. The number of aromatic nitrogens is 2. The van der Waals surface area contributed by atoms with Crippen LogP contribution in [0.15, 0.2) is 71.2 Å². The number of hydrogen-bond acceptors (Lipinski definition) is 5. The van der Waals surface area contributed by atoms with E-state index in [0.717, 1.165) is 5.39 Å². The van der Waals surface area contributed by atoms with Crippen molar-refractivity contribution in [3.8, 4) is 0 Å². The van der Waals surface area contributed by atoms with Gasteiger partial charge in [0.1, 0.15) is 11.9 Å². The zero-order valence-corrected chi connectivity index (χ0v) is 17.7. The fourth-order valence-corrected chi connectivity index (χ4v) is 5.65. The third-order valence-corrected chi connectivity index (χ3v) is 7.49. The average Bonchev–Trinajstić information content (AvgIpc) is 3.48. The first-order valence-electron chi connectivity index (χ1n) is 9.53. The van der Waals surface area contributed by atoms with Crippen molar-refractivity contribution in [1.29, 1.82) is 0 Å². The van der Waals surface area contributed by atoms with Gasteiger partial charge < -0.3 is 9.47 Å². The van der Waals surface area contributed by atoms with Crippen LogP contribution in [-0.4, -0.2) is 30.4 Å². The van der Waals surface area contributed by atoms with Crippen LogP contribution in [0.4, 0.5) is 15.2 Å². The highest BCUT2D eigenvalue weighted by Crippen LogP contribution is 2.33. The molecule has 0 unspecified atom stereocenters. The van der Waals surface area contributed by atoms with Gasteiger partial charge in [-0.15, -0.1) is 11.3 Å². The normalized spacial score (nSPS) is 16.9. The van der Waals surface area contributed by atoms with Crippen LogP contribution in [0.5, 0.6) is 0 Å². The molecule has 1 amide bonds. The smallest absolute Gasteiger partial charge is 0.263 e. The summed E-state index contributed by atoms with van der Waals surface area (Å²) in [4.78, 5) is 18.7. The van der Waals surface area contributed by atoms with Gasteiger partial charge in [0.05, 0.1) is 10.4 Å². The van der Waals surface area contributed by atoms with Gasteiger partial charge in [0.25, 0.3) is 10.0 Å². The predicted molar refractivity (Wildman–Crippen MR) is 117 cm³/mol. The van der Waals surface area contributed by atoms with Crippen LogP contribution >= 0.6 is 11.3 Å². The molecule has 1 saturated heterocycles. The molecule has 1 N–H and O–H groups in total. The van der Waals surface area contributed by atoms with Crippen LogP contribution in [0.25, 0.3) is 10.9 Å². The lowest BCUT2D eigenvalue weighted by Crippen LogP contribution is -2.28. The van der Waals surface area contributed by atoms with Gasteiger partial charge in [-0.1, -0.05) is 12.1 Å². The van der Waals surface area contributed by atoms with E-state index in [1.54, 1.807) is 45.3 Å². The highest BCUT2D eigenvalue weighted by molar-refractivity contribution is 7.93. The second-order valence-corrected chi connectivity index (χ2v) is 9.71. The number of para-hydroxylation sites is 1. The minimum absolute atomic E-state index is 0.0770. The van der Waals surface area contributed by atoms with Crippen LogP contribution in [0.3, 0.4) is 0 Å². The summed E-state index contributed by atoms with van der Waals surface area (Å²) in [5.41, 5.74) is 1.01. The first kappa shape index (κ1) is 19.7. The molecule has 31 heavy (non-hydrogen) atoms. The molecule has 4 aromatic rings. The highest BCUT2D eigenvalue weighted by Gasteiger charge is 2.34. The summed E-state index contributed by atoms with van der Waals surface area (Å²) in [5.74, 6) is -0.520. The summed E-state index contributed by atoms with van der Waals surface area (Å²) in [6, 6.07) is 12.2. The van der Waals surface area contributed by atoms with E-state index in [1.165, 1.54) is 35.7 Å². The van der Waals surface area contributed by atoms with Gasteiger partial charge in [0, 0.05) is 35.4 Å². The van der Waals surface area contributed by atoms with Crippen molar-refractivity contribution in [2.75, 3.05) is 16.2 Å². The number of rotatable bonds is 5. The van der Waals surface area contributed by atoms with Crippen molar-refractivity contribution in [3.05, 3.63) is 72.1 Å². The zero-order chi connectivity index (χ0) is 21.6. The molecule has 0 aliphatic carbocycles. The number of carbonyl (C=O) groups is 1. The summed E-state index contributed by atoms with van der Waals surface area (Å²) in [6.45, 7) is 0.459. The average molecular weight is 457 g/mol. The monoisotopic (exact) mass is 456 g/mol. The summed E-state index contributed by atoms with van der Waals surface area (Å²) < 4.78 is 43.5. The van der Waals surface area contributed by atoms with Gasteiger partial charge in [-0.25, -0.2) is 17.8 Å². The van der Waals surface area contributed by atoms with Crippen molar-refractivity contribution in [1.82, 2.24) is 9.55 Å². The molecule has 10 heteroatoms. The summed E-state index contributed by atoms with van der Waals surface area (Å²) in [7, 11) is -3.76. The first-order valence-corrected chi connectivity index (χ1v) is 11.9. The van der Waals surface area contributed by atoms with Crippen LogP contribution < -0.4 is 9.62 Å². The minimum atomic E-state index is -3.76. The zero-order valence-electron chi connectivity index (χ0n) is 16.1. The molecule has 2 aromatic carbocycles. The van der Waals surface area contributed by atoms with Gasteiger partial charge in [-0.05, 0) is 42.8 Å². The molecule has 158 valence electrons. The first-order chi connectivity index (χ1) is 14.9. The van der Waals surface area contributed by atoms with Crippen LogP contribution in [0.1, 0.15) is 12.5 Å². The van der Waals surface area contributed by atoms with E-state index < -0.39 is 16.1 Å². The van der Waals surface area contributed by atoms with Crippen molar-refractivity contribution in [2.24, 2.45) is 0 Å². The maximum atomic E-state index is 14.4. The maximum absolute atomic E-state index is 14.4. The Bertz CT molecular complexity index is 1370. The van der Waals surface area contributed by atoms with Gasteiger partial charge in [0.15, 0.2) is 5.13 Å². The molecule has 5 rings (SSSR count). The third-order valence-electron chi connectivity index (χ3n) is 5.32. The van der Waals surface area contributed by atoms with Crippen LogP contribution in [0.2, 0.25) is 0 Å². The Morgan fingerprint density at radius 3 is 2.68 bits per heavy atom. The number of anilines is 2. The fourth-order valence-electron chi connectivity index (χ4n) is 3.87. The Kier molecular flexibility index (Phi) is 4.75. The molecular weight excluding hydrogens is 439 g/mol. The minimum Gasteiger partial charge on any atom is -0.333 e. The number of hydrogen-bond donors (Lipinski definition) is 1. The predicted octanol–water partition coefficient (Wildman–Crippen LogP) is 4.02. The van der Waals surface area contributed by atoms with Gasteiger partial charge in [-0.2, -0.15) is 0 Å². The molecule has 1 fully saturated rings. The largest absolute Gasteiger partial charge is 0.333 e. The molecule has 1 aliphatic rings. The van der Waals surface area contributed by atoms with Crippen molar-refractivity contribution in [3.63, 3.8) is 0 Å². The molecule has 0 spiro atoms. The SMILES string of the molecule is O=C1[C@@H](n2ccc3cccc(F)c32)CCN1c1ccc(S(=O)(=O)Nc2nccs2)cc1. The fraction of sp³-hybridized carbons (Fsp3) is 0.143. The number of fused-ring (bicyclic) bond motifs is 1. The second kappa shape index (κ2) is 7.47. The lowest BCUT2D eigenvalue weighted by atomic mass is 10.2. The third kappa shape index (κ3) is 3.47. The van der Waals surface area contributed by atoms with E-state index in [1.807, 2.05) is 6.07 Å². The standard InChI is InChI=1S/C21H17FN4O3S2/c22-17-3-1-2-14-8-11-26(19(14)17)18-9-12-25(20(18)27)15-4-6-16(7-5-15)31(28,29)24-21-23-10-13-30-21/h1-8,10-11,13,18H,9,12H2,(H,23,24)/t18-/m0/s1. The van der Waals surface area contributed by atoms with Crippen molar-refractivity contribution < 1.29 is 17.6 Å². The summed E-state index contributed by atoms with van der Waals surface area (Å²) >= 11 is 1.19. The molecule has 2 aromatic heterocycles. The topological polar surface area (TPSA) is 84.3 Å². The van der Waals surface area contributed by atoms with E-state index >= 15 is 0 Å². The lowest BCUT2D eigenvalue weighted by molar-refractivity contribution is -0.119. The quantitative estimate of drug-likeness (QED) is 0.492. The number of nitrogens with zero attached hydrogens (tertiary/aromatic N) is 3. The number of benzene rings is 2.